The number of pyridine rings is 1. The van der Waals surface area contributed by atoms with Crippen LogP contribution in [-0.4, -0.2) is 23.0 Å². The molecule has 100 valence electrons. The Morgan fingerprint density at radius 1 is 1.44 bits per heavy atom. The van der Waals surface area contributed by atoms with Crippen LogP contribution >= 0.6 is 0 Å². The Labute approximate surface area is 110 Å². The number of hydrogen-bond donors (Lipinski definition) is 1. The minimum Gasteiger partial charge on any atom is -0.325 e. The zero-order valence-electron chi connectivity index (χ0n) is 11.6. The fourth-order valence-electron chi connectivity index (χ4n) is 2.96. The molecule has 0 aliphatic heterocycles. The van der Waals surface area contributed by atoms with E-state index < -0.39 is 0 Å². The van der Waals surface area contributed by atoms with Crippen molar-refractivity contribution in [2.24, 2.45) is 11.7 Å². The molecule has 3 nitrogen and oxygen atoms in total. The molecule has 1 aromatic rings. The van der Waals surface area contributed by atoms with E-state index in [1.54, 1.807) is 0 Å². The Morgan fingerprint density at radius 3 is 3.00 bits per heavy atom. The number of nitrogens with two attached hydrogens (primary N) is 1. The van der Waals surface area contributed by atoms with Crippen LogP contribution in [0, 0.1) is 5.92 Å². The second-order valence-corrected chi connectivity index (χ2v) is 5.70. The van der Waals surface area contributed by atoms with E-state index in [0.29, 0.717) is 6.54 Å². The zero-order chi connectivity index (χ0) is 13.0. The van der Waals surface area contributed by atoms with Gasteiger partial charge in [-0.2, -0.15) is 0 Å². The molecule has 0 radical (unpaired) electrons. The van der Waals surface area contributed by atoms with Crippen molar-refractivity contribution >= 4 is 0 Å². The van der Waals surface area contributed by atoms with Gasteiger partial charge in [-0.15, -0.1) is 0 Å². The van der Waals surface area contributed by atoms with Crippen molar-refractivity contribution in [3.05, 3.63) is 29.6 Å². The van der Waals surface area contributed by atoms with Crippen molar-refractivity contribution in [3.63, 3.8) is 0 Å². The van der Waals surface area contributed by atoms with Gasteiger partial charge in [0, 0.05) is 25.3 Å². The molecular formula is C15H25N3. The quantitative estimate of drug-likeness (QED) is 0.889. The highest BCUT2D eigenvalue weighted by Gasteiger charge is 2.22. The lowest BCUT2D eigenvalue weighted by Crippen LogP contribution is -2.35. The lowest BCUT2D eigenvalue weighted by Gasteiger charge is -2.34. The summed E-state index contributed by atoms with van der Waals surface area (Å²) in [6, 6.07) is 4.97. The average Bonchev–Trinajstić information content (AvgIpc) is 2.39. The summed E-state index contributed by atoms with van der Waals surface area (Å²) in [6.07, 6.45) is 7.33. The van der Waals surface area contributed by atoms with E-state index in [1.807, 2.05) is 6.20 Å². The maximum atomic E-state index is 5.63. The van der Waals surface area contributed by atoms with Crippen LogP contribution in [-0.2, 0) is 13.1 Å². The zero-order valence-corrected chi connectivity index (χ0v) is 11.6. The lowest BCUT2D eigenvalue weighted by molar-refractivity contribution is 0.157. The van der Waals surface area contributed by atoms with Gasteiger partial charge in [-0.05, 0) is 43.5 Å². The van der Waals surface area contributed by atoms with Crippen LogP contribution in [0.5, 0.6) is 0 Å². The molecule has 2 atom stereocenters. The molecule has 2 rings (SSSR count). The summed E-state index contributed by atoms with van der Waals surface area (Å²) in [7, 11) is 2.24. The van der Waals surface area contributed by atoms with Gasteiger partial charge in [-0.1, -0.05) is 19.8 Å². The van der Waals surface area contributed by atoms with Crippen LogP contribution in [0.3, 0.4) is 0 Å². The maximum Gasteiger partial charge on any atom is 0.0542 e. The van der Waals surface area contributed by atoms with Gasteiger partial charge in [-0.3, -0.25) is 9.88 Å². The van der Waals surface area contributed by atoms with Crippen LogP contribution < -0.4 is 5.73 Å². The summed E-state index contributed by atoms with van der Waals surface area (Å²) in [6.45, 7) is 3.91. The van der Waals surface area contributed by atoms with Gasteiger partial charge in [0.15, 0.2) is 0 Å². The molecule has 1 heterocycles. The normalized spacial score (nSPS) is 24.4. The van der Waals surface area contributed by atoms with Gasteiger partial charge in [0.05, 0.1) is 5.69 Å². The molecule has 1 aliphatic carbocycles. The molecule has 0 saturated heterocycles. The Kier molecular flexibility index (Phi) is 4.72. The van der Waals surface area contributed by atoms with Crippen molar-refractivity contribution < 1.29 is 0 Å². The Bertz CT molecular complexity index is 378. The summed E-state index contributed by atoms with van der Waals surface area (Å²) < 4.78 is 0. The van der Waals surface area contributed by atoms with Crippen LogP contribution in [0.2, 0.25) is 0 Å². The van der Waals surface area contributed by atoms with Crippen molar-refractivity contribution in [3.8, 4) is 0 Å². The van der Waals surface area contributed by atoms with E-state index >= 15 is 0 Å². The molecule has 2 N–H and O–H groups in total. The van der Waals surface area contributed by atoms with Gasteiger partial charge in [0.25, 0.3) is 0 Å². The molecule has 0 aromatic carbocycles. The molecule has 1 aromatic heterocycles. The largest absolute Gasteiger partial charge is 0.325 e. The summed E-state index contributed by atoms with van der Waals surface area (Å²) in [5, 5.41) is 0. The lowest BCUT2D eigenvalue weighted by atomic mass is 9.86. The van der Waals surface area contributed by atoms with Crippen LogP contribution in [0.1, 0.15) is 43.9 Å². The van der Waals surface area contributed by atoms with E-state index in [4.69, 9.17) is 5.73 Å². The fourth-order valence-corrected chi connectivity index (χ4v) is 2.96. The van der Waals surface area contributed by atoms with Gasteiger partial charge in [-0.25, -0.2) is 0 Å². The van der Waals surface area contributed by atoms with E-state index in [-0.39, 0.29) is 0 Å². The molecule has 3 heteroatoms. The smallest absolute Gasteiger partial charge is 0.0542 e. The number of nitrogens with zero attached hydrogens (tertiary/aromatic N) is 2. The molecule has 0 spiro atoms. The third-order valence-corrected chi connectivity index (χ3v) is 4.05. The van der Waals surface area contributed by atoms with Crippen LogP contribution in [0.4, 0.5) is 0 Å². The van der Waals surface area contributed by atoms with Gasteiger partial charge >= 0.3 is 0 Å². The van der Waals surface area contributed by atoms with Crippen molar-refractivity contribution in [2.75, 3.05) is 7.05 Å². The Hall–Kier alpha value is -0.930. The highest BCUT2D eigenvalue weighted by Crippen LogP contribution is 2.27. The first kappa shape index (κ1) is 13.5. The van der Waals surface area contributed by atoms with Crippen molar-refractivity contribution in [1.82, 2.24) is 9.88 Å². The third-order valence-electron chi connectivity index (χ3n) is 4.05. The number of rotatable bonds is 4. The first-order valence-electron chi connectivity index (χ1n) is 7.03. The van der Waals surface area contributed by atoms with Crippen molar-refractivity contribution in [1.29, 1.82) is 0 Å². The van der Waals surface area contributed by atoms with Crippen molar-refractivity contribution in [2.45, 2.75) is 51.7 Å². The molecule has 0 amide bonds. The second-order valence-electron chi connectivity index (χ2n) is 5.70. The molecule has 1 fully saturated rings. The van der Waals surface area contributed by atoms with Gasteiger partial charge in [0.2, 0.25) is 0 Å². The first-order chi connectivity index (χ1) is 8.69. The molecule has 0 bridgehead atoms. The Morgan fingerprint density at radius 2 is 2.28 bits per heavy atom. The topological polar surface area (TPSA) is 42.2 Å². The Balaban J connectivity index is 1.95. The predicted octanol–water partition coefficient (Wildman–Crippen LogP) is 2.55. The SMILES string of the molecule is CC1CCCC(N(C)Cc2ccnc(CN)c2)C1. The maximum absolute atomic E-state index is 5.63. The van der Waals surface area contributed by atoms with Crippen LogP contribution in [0.15, 0.2) is 18.3 Å². The summed E-state index contributed by atoms with van der Waals surface area (Å²) in [5.41, 5.74) is 7.94. The highest BCUT2D eigenvalue weighted by atomic mass is 15.1. The fraction of sp³-hybridized carbons (Fsp3) is 0.667. The number of hydrogen-bond acceptors (Lipinski definition) is 3. The summed E-state index contributed by atoms with van der Waals surface area (Å²) in [4.78, 5) is 6.74. The minimum atomic E-state index is 0.526. The average molecular weight is 247 g/mol. The minimum absolute atomic E-state index is 0.526. The third kappa shape index (κ3) is 3.53. The standard InChI is InChI=1S/C15H25N3/c1-12-4-3-5-15(8-12)18(2)11-13-6-7-17-14(9-13)10-16/h6-7,9,12,15H,3-5,8,10-11,16H2,1-2H3. The van der Waals surface area contributed by atoms with E-state index in [1.165, 1.54) is 31.2 Å². The van der Waals surface area contributed by atoms with E-state index in [9.17, 15) is 0 Å². The van der Waals surface area contributed by atoms with Gasteiger partial charge < -0.3 is 5.73 Å². The number of aromatic nitrogens is 1. The summed E-state index contributed by atoms with van der Waals surface area (Å²) >= 11 is 0. The molecular weight excluding hydrogens is 222 g/mol. The summed E-state index contributed by atoms with van der Waals surface area (Å²) in [5.74, 6) is 0.878. The molecule has 2 unspecified atom stereocenters. The predicted molar refractivity (Wildman–Crippen MR) is 75.0 cm³/mol. The molecule has 18 heavy (non-hydrogen) atoms. The highest BCUT2D eigenvalue weighted by molar-refractivity contribution is 5.16. The molecule has 1 aliphatic rings. The van der Waals surface area contributed by atoms with Gasteiger partial charge in [0.1, 0.15) is 0 Å². The van der Waals surface area contributed by atoms with E-state index in [0.717, 1.165) is 24.2 Å². The van der Waals surface area contributed by atoms with E-state index in [2.05, 4.69) is 36.0 Å². The second kappa shape index (κ2) is 6.30. The van der Waals surface area contributed by atoms with Crippen LogP contribution in [0.25, 0.3) is 0 Å². The monoisotopic (exact) mass is 247 g/mol. The molecule has 1 saturated carbocycles. The first-order valence-corrected chi connectivity index (χ1v) is 7.03.